The summed E-state index contributed by atoms with van der Waals surface area (Å²) >= 11 is 0. The van der Waals surface area contributed by atoms with Gasteiger partial charge in [-0.3, -0.25) is 0 Å². The molecule has 0 bridgehead atoms. The van der Waals surface area contributed by atoms with Crippen molar-refractivity contribution in [1.82, 2.24) is 4.90 Å². The normalized spacial score (nSPS) is 23.8. The second kappa shape index (κ2) is 5.71. The summed E-state index contributed by atoms with van der Waals surface area (Å²) in [7, 11) is 0. The minimum atomic E-state index is 0.232. The molecule has 1 unspecified atom stereocenters. The average molecular weight is 180 g/mol. The summed E-state index contributed by atoms with van der Waals surface area (Å²) in [6.45, 7) is 2.96. The minimum Gasteiger partial charge on any atom is -0.303 e. The van der Waals surface area contributed by atoms with Gasteiger partial charge in [0.2, 0.25) is 0 Å². The van der Waals surface area contributed by atoms with Gasteiger partial charge in [0, 0.05) is 18.9 Å². The SMILES string of the molecule is N#CCCCN1CCCC(C=O)C1. The number of nitriles is 1. The van der Waals surface area contributed by atoms with E-state index in [1.807, 2.05) is 0 Å². The van der Waals surface area contributed by atoms with E-state index < -0.39 is 0 Å². The van der Waals surface area contributed by atoms with Crippen molar-refractivity contribution in [3.8, 4) is 6.07 Å². The molecule has 3 heteroatoms. The van der Waals surface area contributed by atoms with E-state index in [2.05, 4.69) is 11.0 Å². The molecular weight excluding hydrogens is 164 g/mol. The van der Waals surface area contributed by atoms with Crippen molar-refractivity contribution in [2.75, 3.05) is 19.6 Å². The van der Waals surface area contributed by atoms with E-state index in [0.29, 0.717) is 6.42 Å². The third-order valence-electron chi connectivity index (χ3n) is 2.50. The zero-order chi connectivity index (χ0) is 9.52. The Morgan fingerprint density at radius 3 is 3.15 bits per heavy atom. The standard InChI is InChI=1S/C10H16N2O/c11-5-1-2-6-12-7-3-4-10(8-12)9-13/h9-10H,1-4,6-8H2. The number of likely N-dealkylation sites (tertiary alicyclic amines) is 1. The molecule has 1 atom stereocenters. The number of unbranched alkanes of at least 4 members (excludes halogenated alkanes) is 1. The third-order valence-corrected chi connectivity index (χ3v) is 2.50. The molecule has 0 aliphatic carbocycles. The summed E-state index contributed by atoms with van der Waals surface area (Å²) in [6.07, 6.45) is 4.79. The molecule has 3 nitrogen and oxygen atoms in total. The fourth-order valence-corrected chi connectivity index (χ4v) is 1.79. The molecular formula is C10H16N2O. The molecule has 0 radical (unpaired) electrons. The van der Waals surface area contributed by atoms with Crippen LogP contribution in [0.15, 0.2) is 0 Å². The summed E-state index contributed by atoms with van der Waals surface area (Å²) in [5.74, 6) is 0.232. The molecule has 0 aromatic rings. The Labute approximate surface area is 79.3 Å². The quantitative estimate of drug-likeness (QED) is 0.482. The van der Waals surface area contributed by atoms with Crippen molar-refractivity contribution in [3.05, 3.63) is 0 Å². The fraction of sp³-hybridized carbons (Fsp3) is 0.800. The Balaban J connectivity index is 2.18. The first-order chi connectivity index (χ1) is 6.36. The lowest BCUT2D eigenvalue weighted by Crippen LogP contribution is -2.36. The molecule has 0 amide bonds. The molecule has 1 rings (SSSR count). The van der Waals surface area contributed by atoms with Gasteiger partial charge in [-0.25, -0.2) is 0 Å². The van der Waals surface area contributed by atoms with Crippen molar-refractivity contribution in [3.63, 3.8) is 0 Å². The summed E-state index contributed by atoms with van der Waals surface area (Å²) in [5.41, 5.74) is 0. The summed E-state index contributed by atoms with van der Waals surface area (Å²) < 4.78 is 0. The van der Waals surface area contributed by atoms with Gasteiger partial charge >= 0.3 is 0 Å². The summed E-state index contributed by atoms with van der Waals surface area (Å²) in [4.78, 5) is 12.8. The van der Waals surface area contributed by atoms with E-state index in [4.69, 9.17) is 5.26 Å². The second-order valence-electron chi connectivity index (χ2n) is 3.60. The summed E-state index contributed by atoms with van der Waals surface area (Å²) in [6, 6.07) is 2.14. The Morgan fingerprint density at radius 2 is 2.46 bits per heavy atom. The van der Waals surface area contributed by atoms with Crippen molar-refractivity contribution in [2.24, 2.45) is 5.92 Å². The molecule has 1 heterocycles. The fourth-order valence-electron chi connectivity index (χ4n) is 1.79. The van der Waals surface area contributed by atoms with Crippen LogP contribution < -0.4 is 0 Å². The van der Waals surface area contributed by atoms with E-state index in [-0.39, 0.29) is 5.92 Å². The Morgan fingerprint density at radius 1 is 1.62 bits per heavy atom. The molecule has 1 saturated heterocycles. The number of carbonyl (C=O) groups excluding carboxylic acids is 1. The molecule has 0 aromatic heterocycles. The van der Waals surface area contributed by atoms with Gasteiger partial charge in [0.25, 0.3) is 0 Å². The lowest BCUT2D eigenvalue weighted by atomic mass is 9.99. The topological polar surface area (TPSA) is 44.1 Å². The largest absolute Gasteiger partial charge is 0.303 e. The molecule has 0 spiro atoms. The third kappa shape index (κ3) is 3.56. The van der Waals surface area contributed by atoms with Gasteiger partial charge in [0.15, 0.2) is 0 Å². The first kappa shape index (κ1) is 10.2. The number of aldehydes is 1. The van der Waals surface area contributed by atoms with E-state index in [9.17, 15) is 4.79 Å². The number of hydrogen-bond donors (Lipinski definition) is 0. The van der Waals surface area contributed by atoms with Crippen LogP contribution in [0.5, 0.6) is 0 Å². The Bertz CT molecular complexity index is 198. The average Bonchev–Trinajstić information content (AvgIpc) is 2.19. The molecule has 1 aliphatic heterocycles. The van der Waals surface area contributed by atoms with Crippen molar-refractivity contribution < 1.29 is 4.79 Å². The lowest BCUT2D eigenvalue weighted by molar-refractivity contribution is -0.112. The van der Waals surface area contributed by atoms with Crippen LogP contribution in [0.2, 0.25) is 0 Å². The van der Waals surface area contributed by atoms with Gasteiger partial charge in [0.05, 0.1) is 6.07 Å². The molecule has 72 valence electrons. The maximum absolute atomic E-state index is 10.6. The maximum atomic E-state index is 10.6. The highest BCUT2D eigenvalue weighted by atomic mass is 16.1. The number of piperidine rings is 1. The monoisotopic (exact) mass is 180 g/mol. The number of nitrogens with zero attached hydrogens (tertiary/aromatic N) is 2. The molecule has 0 N–H and O–H groups in total. The van der Waals surface area contributed by atoms with Gasteiger partial charge in [-0.15, -0.1) is 0 Å². The molecule has 0 saturated carbocycles. The van der Waals surface area contributed by atoms with Gasteiger partial charge in [-0.2, -0.15) is 5.26 Å². The van der Waals surface area contributed by atoms with Crippen LogP contribution in [0.25, 0.3) is 0 Å². The first-order valence-corrected chi connectivity index (χ1v) is 4.91. The lowest BCUT2D eigenvalue weighted by Gasteiger charge is -2.29. The van der Waals surface area contributed by atoms with Gasteiger partial charge in [0.1, 0.15) is 6.29 Å². The van der Waals surface area contributed by atoms with Gasteiger partial charge < -0.3 is 9.69 Å². The predicted octanol–water partition coefficient (Wildman–Crippen LogP) is 1.20. The van der Waals surface area contributed by atoms with Crippen molar-refractivity contribution in [2.45, 2.75) is 25.7 Å². The van der Waals surface area contributed by atoms with E-state index >= 15 is 0 Å². The van der Waals surface area contributed by atoms with Gasteiger partial charge in [-0.05, 0) is 32.4 Å². The van der Waals surface area contributed by atoms with Gasteiger partial charge in [-0.1, -0.05) is 0 Å². The molecule has 1 fully saturated rings. The van der Waals surface area contributed by atoms with Crippen LogP contribution in [0.4, 0.5) is 0 Å². The van der Waals surface area contributed by atoms with Crippen molar-refractivity contribution in [1.29, 1.82) is 5.26 Å². The molecule has 13 heavy (non-hydrogen) atoms. The highest BCUT2D eigenvalue weighted by Gasteiger charge is 2.18. The van der Waals surface area contributed by atoms with Crippen molar-refractivity contribution >= 4 is 6.29 Å². The number of carbonyl (C=O) groups is 1. The van der Waals surface area contributed by atoms with Crippen LogP contribution in [-0.2, 0) is 4.79 Å². The highest BCUT2D eigenvalue weighted by molar-refractivity contribution is 5.53. The van der Waals surface area contributed by atoms with Crippen LogP contribution in [0, 0.1) is 17.2 Å². The first-order valence-electron chi connectivity index (χ1n) is 4.91. The molecule has 1 aliphatic rings. The molecule has 0 aromatic carbocycles. The number of hydrogen-bond acceptors (Lipinski definition) is 3. The highest BCUT2D eigenvalue weighted by Crippen LogP contribution is 2.14. The van der Waals surface area contributed by atoms with Crippen LogP contribution in [-0.4, -0.2) is 30.8 Å². The minimum absolute atomic E-state index is 0.232. The maximum Gasteiger partial charge on any atom is 0.124 e. The Kier molecular flexibility index (Phi) is 4.48. The zero-order valence-electron chi connectivity index (χ0n) is 7.91. The van der Waals surface area contributed by atoms with Crippen LogP contribution in [0.1, 0.15) is 25.7 Å². The van der Waals surface area contributed by atoms with Crippen LogP contribution in [0.3, 0.4) is 0 Å². The number of rotatable bonds is 4. The van der Waals surface area contributed by atoms with E-state index in [1.165, 1.54) is 0 Å². The summed E-state index contributed by atoms with van der Waals surface area (Å²) in [5, 5.41) is 8.37. The Hall–Kier alpha value is -0.880. The second-order valence-corrected chi connectivity index (χ2v) is 3.60. The van der Waals surface area contributed by atoms with E-state index in [1.54, 1.807) is 0 Å². The predicted molar refractivity (Wildman–Crippen MR) is 50.1 cm³/mol. The zero-order valence-corrected chi connectivity index (χ0v) is 7.91. The van der Waals surface area contributed by atoms with E-state index in [0.717, 1.165) is 45.2 Å². The smallest absolute Gasteiger partial charge is 0.124 e. The van der Waals surface area contributed by atoms with Crippen LogP contribution >= 0.6 is 0 Å².